The number of carboxylic acid groups (broad SMARTS) is 1. The molecule has 28 heavy (non-hydrogen) atoms. The summed E-state index contributed by atoms with van der Waals surface area (Å²) >= 11 is 1.14. The van der Waals surface area contributed by atoms with E-state index in [1.165, 1.54) is 6.92 Å². The van der Waals surface area contributed by atoms with Gasteiger partial charge in [-0.05, 0) is 12.1 Å². The number of aliphatic carboxylic acids is 1. The molecule has 8 nitrogen and oxygen atoms in total. The Morgan fingerprint density at radius 1 is 1.32 bits per heavy atom. The molecule has 1 aromatic rings. The number of hydrogen-bond acceptors (Lipinski definition) is 6. The average molecular weight is 412 g/mol. The van der Waals surface area contributed by atoms with Crippen LogP contribution < -0.4 is 5.32 Å². The fraction of sp³-hybridized carbons (Fsp3) is 0.294. The third-order valence-electron chi connectivity index (χ3n) is 4.18. The second-order valence-corrected chi connectivity index (χ2v) is 7.10. The number of nitrogens with zero attached hydrogens (tertiary/aromatic N) is 1. The van der Waals surface area contributed by atoms with E-state index >= 15 is 0 Å². The third-order valence-corrected chi connectivity index (χ3v) is 5.52. The molecule has 2 aliphatic heterocycles. The Morgan fingerprint density at radius 2 is 1.96 bits per heavy atom. The van der Waals surface area contributed by atoms with Crippen molar-refractivity contribution in [3.05, 3.63) is 46.7 Å². The number of ether oxygens (including phenoxy) is 1. The molecular weight excluding hydrogens is 398 g/mol. The summed E-state index contributed by atoms with van der Waals surface area (Å²) in [7, 11) is 0. The lowest BCUT2D eigenvalue weighted by Gasteiger charge is -2.49. The molecular formula is C17H14F2N2O6S. The monoisotopic (exact) mass is 412 g/mol. The SMILES string of the molecule is CC(=O)OCC1=C(C(=O)O)N2C(=O)[C@H](NC(=O)c3c(F)cccc3F)[C@@H]2SC1. The predicted octanol–water partition coefficient (Wildman–Crippen LogP) is 0.880. The predicted molar refractivity (Wildman–Crippen MR) is 92.0 cm³/mol. The number of carboxylic acids is 1. The van der Waals surface area contributed by atoms with Gasteiger partial charge in [0.2, 0.25) is 0 Å². The number of fused-ring (bicyclic) bond motifs is 1. The van der Waals surface area contributed by atoms with E-state index in [1.54, 1.807) is 0 Å². The Kier molecular flexibility index (Phi) is 5.36. The molecule has 2 atom stereocenters. The van der Waals surface area contributed by atoms with Gasteiger partial charge in [0.1, 0.15) is 40.9 Å². The normalized spacial score (nSPS) is 21.0. The summed E-state index contributed by atoms with van der Waals surface area (Å²) in [5.74, 6) is -5.84. The van der Waals surface area contributed by atoms with Gasteiger partial charge in [0.05, 0.1) is 0 Å². The van der Waals surface area contributed by atoms with Crippen LogP contribution in [0, 0.1) is 11.6 Å². The zero-order valence-corrected chi connectivity index (χ0v) is 15.2. The number of amides is 2. The number of hydrogen-bond donors (Lipinski definition) is 2. The highest BCUT2D eigenvalue weighted by molar-refractivity contribution is 8.00. The van der Waals surface area contributed by atoms with Crippen LogP contribution in [-0.2, 0) is 19.1 Å². The van der Waals surface area contributed by atoms with Crippen molar-refractivity contribution >= 4 is 35.5 Å². The molecule has 2 heterocycles. The lowest BCUT2D eigenvalue weighted by Crippen LogP contribution is -2.70. The Balaban J connectivity index is 1.79. The zero-order valence-electron chi connectivity index (χ0n) is 14.4. The van der Waals surface area contributed by atoms with Gasteiger partial charge in [-0.25, -0.2) is 13.6 Å². The van der Waals surface area contributed by atoms with Crippen LogP contribution in [0.2, 0.25) is 0 Å². The summed E-state index contributed by atoms with van der Waals surface area (Å²) in [6.45, 7) is 0.889. The maximum absolute atomic E-state index is 13.7. The number of esters is 1. The van der Waals surface area contributed by atoms with Crippen LogP contribution in [0.4, 0.5) is 8.78 Å². The Labute approximate surface area is 161 Å². The van der Waals surface area contributed by atoms with Crippen LogP contribution in [0.3, 0.4) is 0 Å². The van der Waals surface area contributed by atoms with Crippen molar-refractivity contribution in [2.45, 2.75) is 18.3 Å². The number of carbonyl (C=O) groups is 4. The molecule has 148 valence electrons. The Bertz CT molecular complexity index is 899. The highest BCUT2D eigenvalue weighted by atomic mass is 32.2. The molecule has 1 fully saturated rings. The van der Waals surface area contributed by atoms with E-state index in [0.29, 0.717) is 0 Å². The smallest absolute Gasteiger partial charge is 0.352 e. The summed E-state index contributed by atoms with van der Waals surface area (Å²) in [5.41, 5.74) is -0.904. The molecule has 0 aliphatic carbocycles. The first kappa shape index (κ1) is 19.8. The third kappa shape index (κ3) is 3.44. The van der Waals surface area contributed by atoms with Crippen LogP contribution in [0.25, 0.3) is 0 Å². The van der Waals surface area contributed by atoms with E-state index in [2.05, 4.69) is 5.32 Å². The van der Waals surface area contributed by atoms with Crippen LogP contribution in [-0.4, -0.2) is 57.5 Å². The lowest BCUT2D eigenvalue weighted by atomic mass is 10.0. The molecule has 0 bridgehead atoms. The van der Waals surface area contributed by atoms with E-state index in [1.807, 2.05) is 0 Å². The minimum absolute atomic E-state index is 0.143. The maximum atomic E-state index is 13.7. The second kappa shape index (κ2) is 7.58. The largest absolute Gasteiger partial charge is 0.477 e. The fourth-order valence-corrected chi connectivity index (χ4v) is 4.24. The number of nitrogens with one attached hydrogen (secondary N) is 1. The molecule has 0 radical (unpaired) electrons. The van der Waals surface area contributed by atoms with E-state index in [4.69, 9.17) is 4.74 Å². The summed E-state index contributed by atoms with van der Waals surface area (Å²) in [6.07, 6.45) is 0. The van der Waals surface area contributed by atoms with E-state index < -0.39 is 52.4 Å². The molecule has 0 spiro atoms. The van der Waals surface area contributed by atoms with Crippen LogP contribution >= 0.6 is 11.8 Å². The number of thioether (sulfide) groups is 1. The number of β-lactam (4-membered cyclic amide) rings is 1. The highest BCUT2D eigenvalue weighted by Gasteiger charge is 2.54. The van der Waals surface area contributed by atoms with Gasteiger partial charge >= 0.3 is 11.9 Å². The van der Waals surface area contributed by atoms with Crippen molar-refractivity contribution in [2.75, 3.05) is 12.4 Å². The maximum Gasteiger partial charge on any atom is 0.352 e. The van der Waals surface area contributed by atoms with Gasteiger partial charge < -0.3 is 15.2 Å². The highest BCUT2D eigenvalue weighted by Crippen LogP contribution is 2.40. The van der Waals surface area contributed by atoms with Crippen molar-refractivity contribution in [1.82, 2.24) is 10.2 Å². The number of benzene rings is 1. The number of halogens is 2. The molecule has 11 heteroatoms. The van der Waals surface area contributed by atoms with E-state index in [9.17, 15) is 33.1 Å². The first-order chi connectivity index (χ1) is 13.2. The average Bonchev–Trinajstić information content (AvgIpc) is 2.63. The molecule has 0 unspecified atom stereocenters. The molecule has 3 rings (SSSR count). The second-order valence-electron chi connectivity index (χ2n) is 6.00. The van der Waals surface area contributed by atoms with E-state index in [0.717, 1.165) is 34.9 Å². The molecule has 1 aromatic carbocycles. The number of rotatable bonds is 5. The van der Waals surface area contributed by atoms with Crippen LogP contribution in [0.15, 0.2) is 29.5 Å². The zero-order chi connectivity index (χ0) is 20.6. The first-order valence-corrected chi connectivity index (χ1v) is 9.05. The lowest BCUT2D eigenvalue weighted by molar-refractivity contribution is -0.149. The standard InChI is InChI=1S/C17H14F2N2O6S/c1-7(22)27-5-8-6-28-16-12(15(24)21(16)13(8)17(25)26)20-14(23)11-9(18)3-2-4-10(11)19/h2-4,12,16H,5-6H2,1H3,(H,20,23)(H,25,26)/t12-,16-/m0/s1. The van der Waals surface area contributed by atoms with Crippen LogP contribution in [0.1, 0.15) is 17.3 Å². The van der Waals surface area contributed by atoms with Crippen LogP contribution in [0.5, 0.6) is 0 Å². The quantitative estimate of drug-likeness (QED) is 0.545. The fourth-order valence-electron chi connectivity index (χ4n) is 2.91. The molecule has 2 N–H and O–H groups in total. The molecule has 0 saturated carbocycles. The van der Waals surface area contributed by atoms with Gasteiger partial charge in [0.25, 0.3) is 11.8 Å². The van der Waals surface area contributed by atoms with Gasteiger partial charge in [-0.15, -0.1) is 11.8 Å². The van der Waals surface area contributed by atoms with Gasteiger partial charge in [-0.1, -0.05) is 6.07 Å². The summed E-state index contributed by atoms with van der Waals surface area (Å²) in [6, 6.07) is 1.79. The van der Waals surface area contributed by atoms with Gasteiger partial charge in [0, 0.05) is 18.2 Å². The molecule has 0 aromatic heterocycles. The van der Waals surface area contributed by atoms with Crippen molar-refractivity contribution in [2.24, 2.45) is 0 Å². The van der Waals surface area contributed by atoms with Crippen molar-refractivity contribution in [3.8, 4) is 0 Å². The topological polar surface area (TPSA) is 113 Å². The summed E-state index contributed by atoms with van der Waals surface area (Å²) < 4.78 is 32.3. The minimum Gasteiger partial charge on any atom is -0.477 e. The van der Waals surface area contributed by atoms with Gasteiger partial charge in [0.15, 0.2) is 0 Å². The van der Waals surface area contributed by atoms with Gasteiger partial charge in [-0.3, -0.25) is 19.3 Å². The summed E-state index contributed by atoms with van der Waals surface area (Å²) in [5, 5.41) is 10.9. The van der Waals surface area contributed by atoms with E-state index in [-0.39, 0.29) is 23.6 Å². The van der Waals surface area contributed by atoms with Crippen molar-refractivity contribution in [3.63, 3.8) is 0 Å². The Morgan fingerprint density at radius 3 is 2.54 bits per heavy atom. The summed E-state index contributed by atoms with van der Waals surface area (Å²) in [4.78, 5) is 48.2. The van der Waals surface area contributed by atoms with Gasteiger partial charge in [-0.2, -0.15) is 0 Å². The van der Waals surface area contributed by atoms with Crippen molar-refractivity contribution in [1.29, 1.82) is 0 Å². The molecule has 2 aliphatic rings. The van der Waals surface area contributed by atoms with Crippen molar-refractivity contribution < 1.29 is 37.8 Å². The molecule has 1 saturated heterocycles. The Hall–Kier alpha value is -2.95. The first-order valence-electron chi connectivity index (χ1n) is 8.00. The molecule has 2 amide bonds. The minimum atomic E-state index is -1.38. The number of carbonyl (C=O) groups excluding carboxylic acids is 3.